The largest absolute Gasteiger partial charge is 0.363 e. The molecule has 0 aliphatic heterocycles. The Bertz CT molecular complexity index is 988. The number of amides is 1. The minimum Gasteiger partial charge on any atom is -0.363 e. The molecule has 0 radical (unpaired) electrons. The van der Waals surface area contributed by atoms with Crippen LogP contribution in [0.1, 0.15) is 16.1 Å². The number of halogens is 2. The van der Waals surface area contributed by atoms with E-state index in [0.717, 1.165) is 17.2 Å². The van der Waals surface area contributed by atoms with Gasteiger partial charge in [0.1, 0.15) is 11.6 Å². The van der Waals surface area contributed by atoms with Gasteiger partial charge in [-0.3, -0.25) is 4.79 Å². The summed E-state index contributed by atoms with van der Waals surface area (Å²) < 4.78 is 13.9. The van der Waals surface area contributed by atoms with Gasteiger partial charge in [0.25, 0.3) is 5.91 Å². The van der Waals surface area contributed by atoms with Crippen molar-refractivity contribution in [3.8, 4) is 0 Å². The van der Waals surface area contributed by atoms with Gasteiger partial charge in [-0.05, 0) is 43.3 Å². The first-order chi connectivity index (χ1) is 13.3. The number of carbonyl (C=O) groups excluding carboxylic acids is 1. The lowest BCUT2D eigenvalue weighted by molar-refractivity contribution is 0.102. The summed E-state index contributed by atoms with van der Waals surface area (Å²) in [5.41, 5.74) is 1.91. The molecule has 0 saturated heterocycles. The molecule has 0 bridgehead atoms. The number of aryl methyl sites for hydroxylation is 1. The number of nitrogens with zero attached hydrogens (tertiary/aromatic N) is 3. The van der Waals surface area contributed by atoms with Crippen molar-refractivity contribution < 1.29 is 9.18 Å². The van der Waals surface area contributed by atoms with E-state index in [1.807, 2.05) is 32.0 Å². The maximum Gasteiger partial charge on any atom is 0.260 e. The zero-order valence-corrected chi connectivity index (χ0v) is 16.4. The van der Waals surface area contributed by atoms with Gasteiger partial charge in [-0.15, -0.1) is 0 Å². The number of hydrogen-bond acceptors (Lipinski definition) is 5. The van der Waals surface area contributed by atoms with Gasteiger partial charge < -0.3 is 15.5 Å². The molecule has 2 N–H and O–H groups in total. The van der Waals surface area contributed by atoms with Gasteiger partial charge in [-0.2, -0.15) is 4.98 Å². The fourth-order valence-electron chi connectivity index (χ4n) is 2.51. The van der Waals surface area contributed by atoms with Crippen LogP contribution in [0.3, 0.4) is 0 Å². The summed E-state index contributed by atoms with van der Waals surface area (Å²) in [6, 6.07) is 12.9. The Balaban J connectivity index is 1.73. The molecule has 1 heterocycles. The van der Waals surface area contributed by atoms with E-state index in [2.05, 4.69) is 20.6 Å². The number of hydrogen-bond donors (Lipinski definition) is 2. The molecule has 0 aliphatic carbocycles. The Hall–Kier alpha value is -3.19. The van der Waals surface area contributed by atoms with Crippen LogP contribution in [0.2, 0.25) is 5.02 Å². The fraction of sp³-hybridized carbons (Fsp3) is 0.150. The van der Waals surface area contributed by atoms with Crippen LogP contribution >= 0.6 is 11.6 Å². The summed E-state index contributed by atoms with van der Waals surface area (Å²) in [6.45, 7) is 1.90. The van der Waals surface area contributed by atoms with Crippen LogP contribution in [0.5, 0.6) is 0 Å². The zero-order chi connectivity index (χ0) is 20.3. The van der Waals surface area contributed by atoms with Crippen LogP contribution in [0.15, 0.2) is 48.5 Å². The van der Waals surface area contributed by atoms with Gasteiger partial charge in [0.05, 0.1) is 10.6 Å². The van der Waals surface area contributed by atoms with Crippen LogP contribution < -0.4 is 15.5 Å². The van der Waals surface area contributed by atoms with Gasteiger partial charge in [-0.25, -0.2) is 9.37 Å². The summed E-state index contributed by atoms with van der Waals surface area (Å²) in [5.74, 6) is -0.0164. The second-order valence-corrected chi connectivity index (χ2v) is 6.75. The Labute approximate surface area is 167 Å². The van der Waals surface area contributed by atoms with Crippen LogP contribution in [0, 0.1) is 12.7 Å². The highest BCUT2D eigenvalue weighted by Gasteiger charge is 2.15. The Kier molecular flexibility index (Phi) is 5.75. The van der Waals surface area contributed by atoms with Gasteiger partial charge in [0, 0.05) is 37.2 Å². The van der Waals surface area contributed by atoms with Gasteiger partial charge in [0.15, 0.2) is 0 Å². The molecule has 8 heteroatoms. The van der Waals surface area contributed by atoms with E-state index in [0.29, 0.717) is 11.6 Å². The lowest BCUT2D eigenvalue weighted by Crippen LogP contribution is -2.14. The molecule has 1 aromatic heterocycles. The molecule has 6 nitrogen and oxygen atoms in total. The van der Waals surface area contributed by atoms with E-state index < -0.39 is 11.7 Å². The SMILES string of the molecule is Cc1cc(N(C)C)nc(Nc2ccc(NC(=O)c3c(F)cccc3Cl)cc2)n1. The second-order valence-electron chi connectivity index (χ2n) is 6.34. The average molecular weight is 400 g/mol. The van der Waals surface area contributed by atoms with E-state index in [9.17, 15) is 9.18 Å². The second kappa shape index (κ2) is 8.22. The van der Waals surface area contributed by atoms with Crippen molar-refractivity contribution >= 4 is 40.6 Å². The van der Waals surface area contributed by atoms with Crippen LogP contribution in [-0.4, -0.2) is 30.0 Å². The Morgan fingerprint density at radius 1 is 1.07 bits per heavy atom. The smallest absolute Gasteiger partial charge is 0.260 e. The molecule has 28 heavy (non-hydrogen) atoms. The summed E-state index contributed by atoms with van der Waals surface area (Å²) in [5, 5.41) is 5.82. The maximum absolute atomic E-state index is 13.9. The molecule has 1 amide bonds. The number of nitrogens with one attached hydrogen (secondary N) is 2. The Morgan fingerprint density at radius 3 is 2.39 bits per heavy atom. The molecule has 0 fully saturated rings. The molecule has 0 spiro atoms. The van der Waals surface area contributed by atoms with E-state index in [4.69, 9.17) is 11.6 Å². The van der Waals surface area contributed by atoms with Crippen LogP contribution in [0.25, 0.3) is 0 Å². The topological polar surface area (TPSA) is 70.2 Å². The lowest BCUT2D eigenvalue weighted by Gasteiger charge is -2.14. The molecule has 144 valence electrons. The van der Waals surface area contributed by atoms with Gasteiger partial charge in [0.2, 0.25) is 5.95 Å². The van der Waals surface area contributed by atoms with Crippen molar-refractivity contribution in [2.75, 3.05) is 29.6 Å². The molecular formula is C20H19ClFN5O. The quantitative estimate of drug-likeness (QED) is 0.654. The molecule has 0 aliphatic rings. The normalized spacial score (nSPS) is 10.5. The zero-order valence-electron chi connectivity index (χ0n) is 15.6. The van der Waals surface area contributed by atoms with Gasteiger partial charge in [-0.1, -0.05) is 17.7 Å². The summed E-state index contributed by atoms with van der Waals surface area (Å²) in [7, 11) is 3.82. The number of aromatic nitrogens is 2. The Morgan fingerprint density at radius 2 is 1.75 bits per heavy atom. The number of benzene rings is 2. The summed E-state index contributed by atoms with van der Waals surface area (Å²) >= 11 is 5.93. The third kappa shape index (κ3) is 4.55. The summed E-state index contributed by atoms with van der Waals surface area (Å²) in [4.78, 5) is 23.0. The molecule has 0 saturated carbocycles. The first kappa shape index (κ1) is 19.6. The van der Waals surface area contributed by atoms with E-state index in [1.165, 1.54) is 18.2 Å². The standard InChI is InChI=1S/C20H19ClFN5O/c1-12-11-17(27(2)3)26-20(23-12)25-14-9-7-13(8-10-14)24-19(28)18-15(21)5-4-6-16(18)22/h4-11H,1-3H3,(H,24,28)(H,23,25,26). The lowest BCUT2D eigenvalue weighted by atomic mass is 10.2. The van der Waals surface area contributed by atoms with Crippen LogP contribution in [-0.2, 0) is 0 Å². The molecule has 2 aromatic carbocycles. The fourth-order valence-corrected chi connectivity index (χ4v) is 2.76. The van der Waals surface area contributed by atoms with Gasteiger partial charge >= 0.3 is 0 Å². The molecule has 0 atom stereocenters. The van der Waals surface area contributed by atoms with Crippen molar-refractivity contribution in [1.82, 2.24) is 9.97 Å². The van der Waals surface area contributed by atoms with Crippen molar-refractivity contribution in [2.45, 2.75) is 6.92 Å². The first-order valence-corrected chi connectivity index (χ1v) is 8.87. The third-order valence-corrected chi connectivity index (χ3v) is 4.20. The minimum absolute atomic E-state index is 0.0593. The average Bonchev–Trinajstić information content (AvgIpc) is 2.62. The van der Waals surface area contributed by atoms with Crippen molar-refractivity contribution in [3.63, 3.8) is 0 Å². The predicted octanol–water partition coefficient (Wildman–Crippen LogP) is 4.64. The molecule has 3 aromatic rings. The molecular weight excluding hydrogens is 381 g/mol. The highest BCUT2D eigenvalue weighted by atomic mass is 35.5. The minimum atomic E-state index is -0.670. The monoisotopic (exact) mass is 399 g/mol. The first-order valence-electron chi connectivity index (χ1n) is 8.49. The number of anilines is 4. The molecule has 0 unspecified atom stereocenters. The van der Waals surface area contributed by atoms with Crippen molar-refractivity contribution in [2.24, 2.45) is 0 Å². The predicted molar refractivity (Wildman–Crippen MR) is 110 cm³/mol. The summed E-state index contributed by atoms with van der Waals surface area (Å²) in [6.07, 6.45) is 0. The van der Waals surface area contributed by atoms with Crippen LogP contribution in [0.4, 0.5) is 27.5 Å². The number of rotatable bonds is 5. The van der Waals surface area contributed by atoms with Crippen molar-refractivity contribution in [3.05, 3.63) is 70.6 Å². The highest BCUT2D eigenvalue weighted by molar-refractivity contribution is 6.34. The van der Waals surface area contributed by atoms with E-state index in [-0.39, 0.29) is 10.6 Å². The third-order valence-electron chi connectivity index (χ3n) is 3.89. The van der Waals surface area contributed by atoms with E-state index >= 15 is 0 Å². The molecule has 3 rings (SSSR count). The number of carbonyl (C=O) groups is 1. The highest BCUT2D eigenvalue weighted by Crippen LogP contribution is 2.22. The maximum atomic E-state index is 13.9. The van der Waals surface area contributed by atoms with Crippen molar-refractivity contribution in [1.29, 1.82) is 0 Å². The van der Waals surface area contributed by atoms with E-state index in [1.54, 1.807) is 24.3 Å².